The Morgan fingerprint density at radius 1 is 1.20 bits per heavy atom. The minimum absolute atomic E-state index is 0.242. The highest BCUT2D eigenvalue weighted by atomic mass is 35.5. The van der Waals surface area contributed by atoms with E-state index in [-0.39, 0.29) is 12.6 Å². The number of hydrogen-bond donors (Lipinski definition) is 2. The molecule has 1 aliphatic heterocycles. The van der Waals surface area contributed by atoms with Gasteiger partial charge in [0.05, 0.1) is 17.9 Å². The van der Waals surface area contributed by atoms with Gasteiger partial charge in [0, 0.05) is 5.02 Å². The Morgan fingerprint density at radius 2 is 1.88 bits per heavy atom. The number of nitrogens with two attached hydrogens (primary N) is 1. The minimum atomic E-state index is -0.562. The van der Waals surface area contributed by atoms with Gasteiger partial charge in [0.2, 0.25) is 0 Å². The SMILES string of the molecule is CCOC(=O)C1=C(c2ccccc2)NC(N)=N[C@H]1c1ccc(Cl)cc1. The number of carbonyl (C=O) groups excluding carboxylic acids is 1. The van der Waals surface area contributed by atoms with E-state index in [1.807, 2.05) is 42.5 Å². The third-order valence-corrected chi connectivity index (χ3v) is 4.06. The van der Waals surface area contributed by atoms with Crippen LogP contribution >= 0.6 is 11.6 Å². The fraction of sp³-hybridized carbons (Fsp3) is 0.158. The molecule has 0 fully saturated rings. The second kappa shape index (κ2) is 7.40. The quantitative estimate of drug-likeness (QED) is 0.825. The molecule has 0 bridgehead atoms. The number of esters is 1. The zero-order chi connectivity index (χ0) is 17.8. The fourth-order valence-corrected chi connectivity index (χ4v) is 2.84. The van der Waals surface area contributed by atoms with Crippen molar-refractivity contribution < 1.29 is 9.53 Å². The molecule has 6 heteroatoms. The summed E-state index contributed by atoms with van der Waals surface area (Å²) in [7, 11) is 0. The van der Waals surface area contributed by atoms with E-state index in [2.05, 4.69) is 10.3 Å². The van der Waals surface area contributed by atoms with E-state index in [0.717, 1.165) is 11.1 Å². The van der Waals surface area contributed by atoms with Gasteiger partial charge in [0.25, 0.3) is 0 Å². The number of carbonyl (C=O) groups is 1. The first-order valence-electron chi connectivity index (χ1n) is 7.92. The first kappa shape index (κ1) is 17.0. The van der Waals surface area contributed by atoms with Crippen molar-refractivity contribution in [1.82, 2.24) is 5.32 Å². The third-order valence-electron chi connectivity index (χ3n) is 3.81. The van der Waals surface area contributed by atoms with Crippen molar-refractivity contribution in [3.63, 3.8) is 0 Å². The normalized spacial score (nSPS) is 16.9. The molecule has 0 aromatic heterocycles. The number of aliphatic imine (C=N–C) groups is 1. The molecule has 0 aliphatic carbocycles. The molecule has 0 saturated heterocycles. The summed E-state index contributed by atoms with van der Waals surface area (Å²) in [4.78, 5) is 17.1. The van der Waals surface area contributed by atoms with Gasteiger partial charge in [0.15, 0.2) is 5.96 Å². The molecular weight excluding hydrogens is 338 g/mol. The summed E-state index contributed by atoms with van der Waals surface area (Å²) in [6, 6.07) is 16.1. The maximum Gasteiger partial charge on any atom is 0.338 e. The summed E-state index contributed by atoms with van der Waals surface area (Å²) in [5.74, 6) is -0.183. The molecule has 1 atom stereocenters. The van der Waals surface area contributed by atoms with Crippen molar-refractivity contribution in [1.29, 1.82) is 0 Å². The lowest BCUT2D eigenvalue weighted by Crippen LogP contribution is -2.37. The monoisotopic (exact) mass is 355 g/mol. The van der Waals surface area contributed by atoms with Crippen LogP contribution in [0.5, 0.6) is 0 Å². The van der Waals surface area contributed by atoms with E-state index < -0.39 is 12.0 Å². The van der Waals surface area contributed by atoms with E-state index in [1.165, 1.54) is 0 Å². The molecule has 3 N–H and O–H groups in total. The number of halogens is 1. The van der Waals surface area contributed by atoms with Crippen LogP contribution < -0.4 is 11.1 Å². The van der Waals surface area contributed by atoms with Crippen LogP contribution in [0.1, 0.15) is 24.1 Å². The number of ether oxygens (including phenoxy) is 1. The summed E-state index contributed by atoms with van der Waals surface area (Å²) in [5, 5.41) is 3.62. The summed E-state index contributed by atoms with van der Waals surface area (Å²) in [5.41, 5.74) is 8.65. The van der Waals surface area contributed by atoms with Gasteiger partial charge in [-0.25, -0.2) is 9.79 Å². The topological polar surface area (TPSA) is 76.7 Å². The zero-order valence-corrected chi connectivity index (χ0v) is 14.5. The predicted molar refractivity (Wildman–Crippen MR) is 98.9 cm³/mol. The average Bonchev–Trinajstić information content (AvgIpc) is 2.62. The van der Waals surface area contributed by atoms with E-state index >= 15 is 0 Å². The Balaban J connectivity index is 2.16. The van der Waals surface area contributed by atoms with Gasteiger partial charge in [-0.05, 0) is 30.2 Å². The molecule has 25 heavy (non-hydrogen) atoms. The van der Waals surface area contributed by atoms with E-state index in [0.29, 0.717) is 16.3 Å². The number of nitrogens with zero attached hydrogens (tertiary/aromatic N) is 1. The number of benzene rings is 2. The summed E-state index contributed by atoms with van der Waals surface area (Å²) in [6.45, 7) is 2.04. The molecule has 2 aromatic carbocycles. The predicted octanol–water partition coefficient (Wildman–Crippen LogP) is 3.27. The van der Waals surface area contributed by atoms with Crippen molar-refractivity contribution in [2.45, 2.75) is 13.0 Å². The molecule has 5 nitrogen and oxygen atoms in total. The molecule has 0 amide bonds. The van der Waals surface area contributed by atoms with Crippen molar-refractivity contribution >= 4 is 29.2 Å². The lowest BCUT2D eigenvalue weighted by molar-refractivity contribution is -0.138. The van der Waals surface area contributed by atoms with Crippen LogP contribution in [0.2, 0.25) is 5.02 Å². The fourth-order valence-electron chi connectivity index (χ4n) is 2.71. The maximum atomic E-state index is 12.7. The lowest BCUT2D eigenvalue weighted by atomic mass is 9.93. The lowest BCUT2D eigenvalue weighted by Gasteiger charge is -2.26. The molecule has 0 saturated carbocycles. The Labute approximate surface area is 151 Å². The Hall–Kier alpha value is -2.79. The maximum absolute atomic E-state index is 12.7. The van der Waals surface area contributed by atoms with Gasteiger partial charge in [-0.3, -0.25) is 0 Å². The van der Waals surface area contributed by atoms with Crippen LogP contribution in [0.25, 0.3) is 5.70 Å². The number of nitrogens with one attached hydrogen (secondary N) is 1. The summed E-state index contributed by atoms with van der Waals surface area (Å²) < 4.78 is 5.27. The Bertz CT molecular complexity index is 830. The highest BCUT2D eigenvalue weighted by Crippen LogP contribution is 2.34. The van der Waals surface area contributed by atoms with Gasteiger partial charge in [-0.2, -0.15) is 0 Å². The first-order chi connectivity index (χ1) is 12.1. The second-order valence-corrected chi connectivity index (χ2v) is 5.91. The minimum Gasteiger partial charge on any atom is -0.463 e. The smallest absolute Gasteiger partial charge is 0.338 e. The molecule has 1 heterocycles. The first-order valence-corrected chi connectivity index (χ1v) is 8.30. The van der Waals surface area contributed by atoms with E-state index in [4.69, 9.17) is 22.1 Å². The molecular formula is C19H18ClN3O2. The van der Waals surface area contributed by atoms with Crippen LogP contribution in [-0.2, 0) is 9.53 Å². The van der Waals surface area contributed by atoms with Crippen molar-refractivity contribution in [3.8, 4) is 0 Å². The van der Waals surface area contributed by atoms with E-state index in [1.54, 1.807) is 19.1 Å². The van der Waals surface area contributed by atoms with Gasteiger partial charge in [-0.1, -0.05) is 54.1 Å². The number of rotatable bonds is 4. The van der Waals surface area contributed by atoms with Crippen molar-refractivity contribution in [2.75, 3.05) is 6.61 Å². The highest BCUT2D eigenvalue weighted by molar-refractivity contribution is 6.30. The standard InChI is InChI=1S/C19H18ClN3O2/c1-2-25-18(24)15-16(12-6-4-3-5-7-12)22-19(21)23-17(15)13-8-10-14(20)11-9-13/h3-11,17H,2H2,1H3,(H3,21,22,23)/t17-/m0/s1. The van der Waals surface area contributed by atoms with Crippen LogP contribution in [0.3, 0.4) is 0 Å². The molecule has 3 rings (SSSR count). The average molecular weight is 356 g/mol. The Morgan fingerprint density at radius 3 is 2.52 bits per heavy atom. The van der Waals surface area contributed by atoms with Gasteiger partial charge >= 0.3 is 5.97 Å². The summed E-state index contributed by atoms with van der Waals surface area (Å²) >= 11 is 5.98. The van der Waals surface area contributed by atoms with Gasteiger partial charge < -0.3 is 15.8 Å². The van der Waals surface area contributed by atoms with Gasteiger partial charge in [-0.15, -0.1) is 0 Å². The largest absolute Gasteiger partial charge is 0.463 e. The highest BCUT2D eigenvalue weighted by Gasteiger charge is 2.31. The molecule has 1 aliphatic rings. The van der Waals surface area contributed by atoms with E-state index in [9.17, 15) is 4.79 Å². The molecule has 2 aromatic rings. The number of guanidine groups is 1. The summed E-state index contributed by atoms with van der Waals surface area (Å²) in [6.07, 6.45) is 0. The second-order valence-electron chi connectivity index (χ2n) is 5.47. The molecule has 128 valence electrons. The number of hydrogen-bond acceptors (Lipinski definition) is 5. The van der Waals surface area contributed by atoms with Crippen LogP contribution in [0.4, 0.5) is 0 Å². The van der Waals surface area contributed by atoms with Crippen LogP contribution in [0, 0.1) is 0 Å². The zero-order valence-electron chi connectivity index (χ0n) is 13.7. The van der Waals surface area contributed by atoms with Crippen LogP contribution in [-0.4, -0.2) is 18.5 Å². The van der Waals surface area contributed by atoms with Gasteiger partial charge in [0.1, 0.15) is 6.04 Å². The van der Waals surface area contributed by atoms with Crippen LogP contribution in [0.15, 0.2) is 65.2 Å². The molecule has 0 spiro atoms. The van der Waals surface area contributed by atoms with Crippen molar-refractivity contribution in [2.24, 2.45) is 10.7 Å². The van der Waals surface area contributed by atoms with Crippen molar-refractivity contribution in [3.05, 3.63) is 76.3 Å². The Kier molecular flexibility index (Phi) is 5.05. The molecule has 0 radical (unpaired) electrons. The molecule has 0 unspecified atom stereocenters. The third kappa shape index (κ3) is 3.67.